The van der Waals surface area contributed by atoms with Crippen LogP contribution in [-0.2, 0) is 6.42 Å². The van der Waals surface area contributed by atoms with Crippen molar-refractivity contribution in [2.24, 2.45) is 5.73 Å². The third-order valence-corrected chi connectivity index (χ3v) is 3.80. The Bertz CT molecular complexity index is 338. The number of rotatable bonds is 10. The van der Waals surface area contributed by atoms with E-state index in [4.69, 9.17) is 17.3 Å². The number of unbranched alkanes of at least 4 members (excludes halogenated alkanes) is 6. The van der Waals surface area contributed by atoms with Crippen LogP contribution in [0.4, 0.5) is 0 Å². The molecule has 2 heteroatoms. The molecule has 1 aromatic carbocycles. The first-order chi connectivity index (χ1) is 9.22. The third-order valence-electron chi connectivity index (χ3n) is 3.57. The van der Waals surface area contributed by atoms with Crippen LogP contribution >= 0.6 is 11.6 Å². The summed E-state index contributed by atoms with van der Waals surface area (Å²) in [6.45, 7) is 2.26. The largest absolute Gasteiger partial charge is 0.327 e. The van der Waals surface area contributed by atoms with Gasteiger partial charge in [0.05, 0.1) is 0 Å². The average molecular weight is 282 g/mol. The molecule has 0 saturated heterocycles. The van der Waals surface area contributed by atoms with Gasteiger partial charge in [0.1, 0.15) is 0 Å². The van der Waals surface area contributed by atoms with Crippen molar-refractivity contribution in [3.05, 3.63) is 34.9 Å². The van der Waals surface area contributed by atoms with Gasteiger partial charge < -0.3 is 5.73 Å². The molecule has 0 fully saturated rings. The van der Waals surface area contributed by atoms with E-state index in [2.05, 4.69) is 13.0 Å². The van der Waals surface area contributed by atoms with Gasteiger partial charge in [-0.3, -0.25) is 0 Å². The van der Waals surface area contributed by atoms with Crippen LogP contribution in [0.25, 0.3) is 0 Å². The minimum absolute atomic E-state index is 0.272. The molecular weight excluding hydrogens is 254 g/mol. The summed E-state index contributed by atoms with van der Waals surface area (Å²) in [7, 11) is 0. The van der Waals surface area contributed by atoms with Crippen LogP contribution in [0.1, 0.15) is 63.9 Å². The molecule has 0 radical (unpaired) electrons. The molecule has 0 bridgehead atoms. The molecule has 0 amide bonds. The molecule has 1 atom stereocenters. The summed E-state index contributed by atoms with van der Waals surface area (Å²) < 4.78 is 0. The topological polar surface area (TPSA) is 26.0 Å². The van der Waals surface area contributed by atoms with Gasteiger partial charge in [0.25, 0.3) is 0 Å². The Morgan fingerprint density at radius 2 is 1.74 bits per heavy atom. The van der Waals surface area contributed by atoms with Crippen molar-refractivity contribution in [2.75, 3.05) is 0 Å². The zero-order valence-electron chi connectivity index (χ0n) is 12.2. The predicted octanol–water partition coefficient (Wildman–Crippen LogP) is 5.35. The molecule has 19 heavy (non-hydrogen) atoms. The van der Waals surface area contributed by atoms with Crippen LogP contribution in [0.5, 0.6) is 0 Å². The van der Waals surface area contributed by atoms with Crippen LogP contribution < -0.4 is 5.73 Å². The highest BCUT2D eigenvalue weighted by Crippen LogP contribution is 2.14. The van der Waals surface area contributed by atoms with E-state index in [1.54, 1.807) is 0 Å². The highest BCUT2D eigenvalue weighted by molar-refractivity contribution is 6.30. The van der Waals surface area contributed by atoms with E-state index in [-0.39, 0.29) is 6.04 Å². The van der Waals surface area contributed by atoms with E-state index in [1.807, 2.05) is 18.2 Å². The molecule has 1 unspecified atom stereocenters. The highest BCUT2D eigenvalue weighted by atomic mass is 35.5. The van der Waals surface area contributed by atoms with Gasteiger partial charge in [-0.15, -0.1) is 0 Å². The molecule has 108 valence electrons. The quantitative estimate of drug-likeness (QED) is 0.575. The molecule has 0 spiro atoms. The van der Waals surface area contributed by atoms with Gasteiger partial charge in [0.2, 0.25) is 0 Å². The smallest absolute Gasteiger partial charge is 0.0408 e. The standard InChI is InChI=1S/C17H28ClN/c1-2-3-4-5-6-7-8-12-17(19)14-15-10-9-11-16(18)13-15/h9-11,13,17H,2-8,12,14,19H2,1H3. The summed E-state index contributed by atoms with van der Waals surface area (Å²) in [4.78, 5) is 0. The van der Waals surface area contributed by atoms with Crippen LogP contribution in [0.3, 0.4) is 0 Å². The fourth-order valence-electron chi connectivity index (χ4n) is 2.43. The highest BCUT2D eigenvalue weighted by Gasteiger charge is 2.04. The molecule has 0 heterocycles. The molecule has 1 nitrogen and oxygen atoms in total. The van der Waals surface area contributed by atoms with E-state index < -0.39 is 0 Å². The molecule has 0 aromatic heterocycles. The van der Waals surface area contributed by atoms with Crippen LogP contribution in [-0.4, -0.2) is 6.04 Å². The fraction of sp³-hybridized carbons (Fsp3) is 0.647. The first-order valence-electron chi connectivity index (χ1n) is 7.72. The average Bonchev–Trinajstić information content (AvgIpc) is 2.37. The van der Waals surface area contributed by atoms with Gasteiger partial charge >= 0.3 is 0 Å². The normalized spacial score (nSPS) is 12.6. The van der Waals surface area contributed by atoms with Gasteiger partial charge in [-0.05, 0) is 30.5 Å². The summed E-state index contributed by atoms with van der Waals surface area (Å²) in [5.74, 6) is 0. The minimum Gasteiger partial charge on any atom is -0.327 e. The zero-order chi connectivity index (χ0) is 13.9. The summed E-state index contributed by atoms with van der Waals surface area (Å²) in [6, 6.07) is 8.31. The maximum absolute atomic E-state index is 6.18. The summed E-state index contributed by atoms with van der Waals surface area (Å²) >= 11 is 5.97. The Hall–Kier alpha value is -0.530. The van der Waals surface area contributed by atoms with E-state index in [0.717, 1.165) is 17.9 Å². The second-order valence-corrected chi connectivity index (χ2v) is 5.94. The van der Waals surface area contributed by atoms with Gasteiger partial charge in [-0.2, -0.15) is 0 Å². The summed E-state index contributed by atoms with van der Waals surface area (Å²) in [5, 5.41) is 0.806. The minimum atomic E-state index is 0.272. The van der Waals surface area contributed by atoms with Crippen LogP contribution in [0.15, 0.2) is 24.3 Å². The summed E-state index contributed by atoms with van der Waals surface area (Å²) in [6.07, 6.45) is 11.5. The lowest BCUT2D eigenvalue weighted by Gasteiger charge is -2.11. The molecule has 0 aliphatic rings. The maximum atomic E-state index is 6.18. The number of hydrogen-bond donors (Lipinski definition) is 1. The lowest BCUT2D eigenvalue weighted by atomic mass is 10.0. The Labute approximate surface area is 123 Å². The first kappa shape index (κ1) is 16.5. The lowest BCUT2D eigenvalue weighted by molar-refractivity contribution is 0.528. The Morgan fingerprint density at radius 3 is 2.42 bits per heavy atom. The SMILES string of the molecule is CCCCCCCCCC(N)Cc1cccc(Cl)c1. The lowest BCUT2D eigenvalue weighted by Crippen LogP contribution is -2.22. The maximum Gasteiger partial charge on any atom is 0.0408 e. The Kier molecular flexibility index (Phi) is 8.94. The predicted molar refractivity (Wildman–Crippen MR) is 85.7 cm³/mol. The molecule has 0 saturated carbocycles. The Balaban J connectivity index is 2.06. The van der Waals surface area contributed by atoms with Crippen molar-refractivity contribution in [1.82, 2.24) is 0 Å². The van der Waals surface area contributed by atoms with E-state index in [9.17, 15) is 0 Å². The molecular formula is C17H28ClN. The van der Waals surface area contributed by atoms with Crippen molar-refractivity contribution in [2.45, 2.75) is 70.8 Å². The molecule has 0 aliphatic carbocycles. The van der Waals surface area contributed by atoms with E-state index >= 15 is 0 Å². The molecule has 1 rings (SSSR count). The molecule has 0 aliphatic heterocycles. The number of nitrogens with two attached hydrogens (primary N) is 1. The van der Waals surface area contributed by atoms with Crippen molar-refractivity contribution >= 4 is 11.6 Å². The molecule has 2 N–H and O–H groups in total. The van der Waals surface area contributed by atoms with Crippen molar-refractivity contribution < 1.29 is 0 Å². The van der Waals surface area contributed by atoms with E-state index in [1.165, 1.54) is 50.5 Å². The number of halogens is 1. The second kappa shape index (κ2) is 10.3. The number of hydrogen-bond acceptors (Lipinski definition) is 1. The Morgan fingerprint density at radius 1 is 1.05 bits per heavy atom. The summed E-state index contributed by atoms with van der Waals surface area (Å²) in [5.41, 5.74) is 7.43. The third kappa shape index (κ3) is 8.28. The van der Waals surface area contributed by atoms with Crippen molar-refractivity contribution in [3.63, 3.8) is 0 Å². The van der Waals surface area contributed by atoms with Gasteiger partial charge in [0, 0.05) is 11.1 Å². The van der Waals surface area contributed by atoms with Crippen molar-refractivity contribution in [1.29, 1.82) is 0 Å². The number of benzene rings is 1. The van der Waals surface area contributed by atoms with Gasteiger partial charge in [-0.25, -0.2) is 0 Å². The zero-order valence-corrected chi connectivity index (χ0v) is 13.0. The van der Waals surface area contributed by atoms with Crippen LogP contribution in [0.2, 0.25) is 5.02 Å². The van der Waals surface area contributed by atoms with Gasteiger partial charge in [0.15, 0.2) is 0 Å². The monoisotopic (exact) mass is 281 g/mol. The van der Waals surface area contributed by atoms with E-state index in [0.29, 0.717) is 0 Å². The van der Waals surface area contributed by atoms with Crippen molar-refractivity contribution in [3.8, 4) is 0 Å². The van der Waals surface area contributed by atoms with Gasteiger partial charge in [-0.1, -0.05) is 75.6 Å². The van der Waals surface area contributed by atoms with Crippen LogP contribution in [0, 0.1) is 0 Å². The molecule has 1 aromatic rings. The fourth-order valence-corrected chi connectivity index (χ4v) is 2.65. The first-order valence-corrected chi connectivity index (χ1v) is 8.10. The second-order valence-electron chi connectivity index (χ2n) is 5.50.